The summed E-state index contributed by atoms with van der Waals surface area (Å²) in [6.07, 6.45) is 0. The highest BCUT2D eigenvalue weighted by Crippen LogP contribution is 2.31. The third kappa shape index (κ3) is 2.04. The molecule has 0 fully saturated rings. The molecule has 0 saturated heterocycles. The van der Waals surface area contributed by atoms with Gasteiger partial charge in [0.2, 0.25) is 0 Å². The molecule has 0 heterocycles. The van der Waals surface area contributed by atoms with Crippen LogP contribution in [0.2, 0.25) is 5.02 Å². The van der Waals surface area contributed by atoms with Gasteiger partial charge in [-0.2, -0.15) is 0 Å². The monoisotopic (exact) mass is 187 g/mol. The Hall–Kier alpha value is -0.340. The van der Waals surface area contributed by atoms with Crippen molar-refractivity contribution >= 4 is 29.1 Å². The van der Waals surface area contributed by atoms with E-state index in [2.05, 4.69) is 6.92 Å². The normalized spacial score (nSPS) is 10.0. The van der Waals surface area contributed by atoms with E-state index in [1.165, 1.54) is 0 Å². The number of benzene rings is 1. The Morgan fingerprint density at radius 3 is 2.82 bits per heavy atom. The van der Waals surface area contributed by atoms with Crippen molar-refractivity contribution in [1.82, 2.24) is 0 Å². The number of nitrogens with two attached hydrogens (primary N) is 1. The molecule has 0 aliphatic rings. The van der Waals surface area contributed by atoms with Crippen LogP contribution in [0.4, 0.5) is 5.69 Å². The van der Waals surface area contributed by atoms with Crippen molar-refractivity contribution in [2.24, 2.45) is 0 Å². The van der Waals surface area contributed by atoms with Crippen LogP contribution in [0.25, 0.3) is 0 Å². The number of nitrogen functional groups attached to an aromatic ring is 1. The van der Waals surface area contributed by atoms with Crippen LogP contribution in [-0.4, -0.2) is 5.75 Å². The van der Waals surface area contributed by atoms with Gasteiger partial charge in [-0.1, -0.05) is 24.6 Å². The van der Waals surface area contributed by atoms with Crippen molar-refractivity contribution < 1.29 is 0 Å². The summed E-state index contributed by atoms with van der Waals surface area (Å²) in [6.45, 7) is 2.08. The van der Waals surface area contributed by atoms with Crippen LogP contribution in [0.5, 0.6) is 0 Å². The van der Waals surface area contributed by atoms with Gasteiger partial charge in [0.15, 0.2) is 0 Å². The Kier molecular flexibility index (Phi) is 3.09. The number of anilines is 1. The molecule has 1 aromatic carbocycles. The highest BCUT2D eigenvalue weighted by molar-refractivity contribution is 7.99. The second-order valence-electron chi connectivity index (χ2n) is 2.09. The summed E-state index contributed by atoms with van der Waals surface area (Å²) >= 11 is 7.58. The van der Waals surface area contributed by atoms with Gasteiger partial charge in [-0.25, -0.2) is 0 Å². The quantitative estimate of drug-likeness (QED) is 0.569. The molecule has 1 aromatic rings. The lowest BCUT2D eigenvalue weighted by Gasteiger charge is -2.04. The van der Waals surface area contributed by atoms with Crippen molar-refractivity contribution in [1.29, 1.82) is 0 Å². The molecule has 0 saturated carbocycles. The predicted molar refractivity (Wildman–Crippen MR) is 52.3 cm³/mol. The maximum atomic E-state index is 5.91. The molecule has 0 amide bonds. The molecule has 2 N–H and O–H groups in total. The van der Waals surface area contributed by atoms with Crippen LogP contribution in [0.15, 0.2) is 23.1 Å². The zero-order valence-corrected chi connectivity index (χ0v) is 7.88. The van der Waals surface area contributed by atoms with Gasteiger partial charge in [-0.05, 0) is 17.9 Å². The van der Waals surface area contributed by atoms with Crippen LogP contribution < -0.4 is 5.73 Å². The first kappa shape index (κ1) is 8.75. The van der Waals surface area contributed by atoms with Crippen molar-refractivity contribution in [3.63, 3.8) is 0 Å². The number of hydrogen-bond acceptors (Lipinski definition) is 2. The molecule has 0 spiro atoms. The van der Waals surface area contributed by atoms with E-state index in [1.54, 1.807) is 11.8 Å². The summed E-state index contributed by atoms with van der Waals surface area (Å²) in [5.41, 5.74) is 6.47. The minimum absolute atomic E-state index is 0.747. The van der Waals surface area contributed by atoms with Gasteiger partial charge in [0, 0.05) is 10.6 Å². The molecule has 3 heteroatoms. The minimum Gasteiger partial charge on any atom is -0.398 e. The molecule has 0 unspecified atom stereocenters. The van der Waals surface area contributed by atoms with Crippen LogP contribution >= 0.6 is 23.4 Å². The third-order valence-electron chi connectivity index (χ3n) is 1.29. The van der Waals surface area contributed by atoms with Gasteiger partial charge in [-0.3, -0.25) is 0 Å². The molecule has 0 aliphatic heterocycles. The van der Waals surface area contributed by atoms with Crippen LogP contribution in [-0.2, 0) is 0 Å². The molecular weight excluding hydrogens is 178 g/mol. The Labute approximate surface area is 75.9 Å². The van der Waals surface area contributed by atoms with E-state index >= 15 is 0 Å². The third-order valence-corrected chi connectivity index (χ3v) is 2.75. The SMILES string of the molecule is CCSc1c(N)cccc1Cl. The molecular formula is C8H10ClNS. The van der Waals surface area contributed by atoms with Crippen molar-refractivity contribution in [3.8, 4) is 0 Å². The Morgan fingerprint density at radius 1 is 1.55 bits per heavy atom. The van der Waals surface area contributed by atoms with Gasteiger partial charge < -0.3 is 5.73 Å². The zero-order chi connectivity index (χ0) is 8.27. The van der Waals surface area contributed by atoms with E-state index < -0.39 is 0 Å². The van der Waals surface area contributed by atoms with Gasteiger partial charge in [-0.15, -0.1) is 11.8 Å². The molecule has 11 heavy (non-hydrogen) atoms. The largest absolute Gasteiger partial charge is 0.398 e. The van der Waals surface area contributed by atoms with Gasteiger partial charge in [0.25, 0.3) is 0 Å². The average Bonchev–Trinajstić information content (AvgIpc) is 1.97. The molecule has 0 atom stereocenters. The van der Waals surface area contributed by atoms with Crippen molar-refractivity contribution in [2.45, 2.75) is 11.8 Å². The first-order chi connectivity index (χ1) is 5.25. The van der Waals surface area contributed by atoms with E-state index in [0.717, 1.165) is 21.4 Å². The maximum Gasteiger partial charge on any atom is 0.0562 e. The molecule has 1 nitrogen and oxygen atoms in total. The summed E-state index contributed by atoms with van der Waals surface area (Å²) in [6, 6.07) is 5.58. The summed E-state index contributed by atoms with van der Waals surface area (Å²) < 4.78 is 0. The number of halogens is 1. The van der Waals surface area contributed by atoms with Gasteiger partial charge in [0.1, 0.15) is 0 Å². The fourth-order valence-corrected chi connectivity index (χ4v) is 1.90. The summed E-state index contributed by atoms with van der Waals surface area (Å²) in [5, 5.41) is 0.747. The highest BCUT2D eigenvalue weighted by Gasteiger charge is 2.02. The van der Waals surface area contributed by atoms with Crippen molar-refractivity contribution in [2.75, 3.05) is 11.5 Å². The first-order valence-electron chi connectivity index (χ1n) is 3.42. The molecule has 0 radical (unpaired) electrons. The van der Waals surface area contributed by atoms with Crippen LogP contribution in [0, 0.1) is 0 Å². The Bertz CT molecular complexity index is 230. The lowest BCUT2D eigenvalue weighted by molar-refractivity contribution is 1.43. The first-order valence-corrected chi connectivity index (χ1v) is 4.79. The molecule has 1 rings (SSSR count). The number of rotatable bonds is 2. The summed E-state index contributed by atoms with van der Waals surface area (Å²) in [5.74, 6) is 0.994. The van der Waals surface area contributed by atoms with Gasteiger partial charge in [0.05, 0.1) is 5.02 Å². The lowest BCUT2D eigenvalue weighted by atomic mass is 10.3. The predicted octanol–water partition coefficient (Wildman–Crippen LogP) is 3.03. The topological polar surface area (TPSA) is 26.0 Å². The minimum atomic E-state index is 0.747. The molecule has 60 valence electrons. The van der Waals surface area contributed by atoms with Crippen LogP contribution in [0.1, 0.15) is 6.92 Å². The van der Waals surface area contributed by atoms with E-state index in [1.807, 2.05) is 18.2 Å². The number of hydrogen-bond donors (Lipinski definition) is 1. The maximum absolute atomic E-state index is 5.91. The molecule has 0 aliphatic carbocycles. The smallest absolute Gasteiger partial charge is 0.0562 e. The second-order valence-corrected chi connectivity index (χ2v) is 3.77. The highest BCUT2D eigenvalue weighted by atomic mass is 35.5. The standard InChI is InChI=1S/C8H10ClNS/c1-2-11-8-6(9)4-3-5-7(8)10/h3-5H,2,10H2,1H3. The zero-order valence-electron chi connectivity index (χ0n) is 6.30. The summed E-state index contributed by atoms with van der Waals surface area (Å²) in [7, 11) is 0. The second kappa shape index (κ2) is 3.88. The van der Waals surface area contributed by atoms with E-state index in [9.17, 15) is 0 Å². The van der Waals surface area contributed by atoms with Crippen molar-refractivity contribution in [3.05, 3.63) is 23.2 Å². The molecule has 0 aromatic heterocycles. The van der Waals surface area contributed by atoms with E-state index in [-0.39, 0.29) is 0 Å². The average molecular weight is 188 g/mol. The fraction of sp³-hybridized carbons (Fsp3) is 0.250. The Morgan fingerprint density at radius 2 is 2.27 bits per heavy atom. The number of thioether (sulfide) groups is 1. The summed E-state index contributed by atoms with van der Waals surface area (Å²) in [4.78, 5) is 0.997. The molecule has 0 bridgehead atoms. The Balaban J connectivity index is 3.00. The lowest BCUT2D eigenvalue weighted by Crippen LogP contribution is -1.88. The van der Waals surface area contributed by atoms with Crippen LogP contribution in [0.3, 0.4) is 0 Å². The van der Waals surface area contributed by atoms with E-state index in [0.29, 0.717) is 0 Å². The fourth-order valence-electron chi connectivity index (χ4n) is 0.822. The van der Waals surface area contributed by atoms with Gasteiger partial charge >= 0.3 is 0 Å². The van der Waals surface area contributed by atoms with E-state index in [4.69, 9.17) is 17.3 Å².